The summed E-state index contributed by atoms with van der Waals surface area (Å²) in [5.41, 5.74) is 3.08. The maximum Gasteiger partial charge on any atom is 0.251 e. The Balaban J connectivity index is 1.54. The monoisotopic (exact) mass is 344 g/mol. The molecule has 128 valence electrons. The molecule has 26 heavy (non-hydrogen) atoms. The summed E-state index contributed by atoms with van der Waals surface area (Å²) >= 11 is 0. The predicted octanol–water partition coefficient (Wildman–Crippen LogP) is 2.87. The van der Waals surface area contributed by atoms with Crippen molar-refractivity contribution in [3.8, 4) is 5.69 Å². The van der Waals surface area contributed by atoms with Gasteiger partial charge in [-0.1, -0.05) is 30.3 Å². The molecule has 0 unspecified atom stereocenters. The number of aromatic nitrogens is 2. The zero-order chi connectivity index (χ0) is 17.9. The van der Waals surface area contributed by atoms with Crippen LogP contribution in [0.25, 0.3) is 11.8 Å². The van der Waals surface area contributed by atoms with E-state index in [1.807, 2.05) is 54.7 Å². The molecule has 6 nitrogen and oxygen atoms in total. The van der Waals surface area contributed by atoms with Crippen LogP contribution in [0.3, 0.4) is 0 Å². The van der Waals surface area contributed by atoms with Gasteiger partial charge in [-0.3, -0.25) is 14.5 Å². The van der Waals surface area contributed by atoms with Crippen LogP contribution in [0.1, 0.15) is 5.56 Å². The van der Waals surface area contributed by atoms with Crippen molar-refractivity contribution in [3.05, 3.63) is 78.6 Å². The lowest BCUT2D eigenvalue weighted by atomic mass is 10.2. The first-order valence-electron chi connectivity index (χ1n) is 8.19. The second-order valence-corrected chi connectivity index (χ2v) is 5.88. The standard InChI is InChI=1S/C20H16N4O2/c25-19-14-23(18-9-5-4-8-17(18)22-19)20(26)11-10-15-12-21-24(13-15)16-6-2-1-3-7-16/h1-13H,14H2,(H,22,25). The molecule has 0 saturated heterocycles. The third-order valence-corrected chi connectivity index (χ3v) is 4.08. The predicted molar refractivity (Wildman–Crippen MR) is 100 cm³/mol. The van der Waals surface area contributed by atoms with Crippen molar-refractivity contribution in [2.24, 2.45) is 0 Å². The summed E-state index contributed by atoms with van der Waals surface area (Å²) in [4.78, 5) is 25.9. The quantitative estimate of drug-likeness (QED) is 0.743. The number of benzene rings is 2. The van der Waals surface area contributed by atoms with E-state index < -0.39 is 0 Å². The number of carbonyl (C=O) groups excluding carboxylic acids is 2. The molecular formula is C20H16N4O2. The Morgan fingerprint density at radius 3 is 2.69 bits per heavy atom. The highest BCUT2D eigenvalue weighted by molar-refractivity contribution is 6.13. The smallest absolute Gasteiger partial charge is 0.251 e. The molecule has 1 aliphatic rings. The lowest BCUT2D eigenvalue weighted by Crippen LogP contribution is -2.41. The van der Waals surface area contributed by atoms with Crippen molar-refractivity contribution >= 4 is 29.3 Å². The van der Waals surface area contributed by atoms with Crippen LogP contribution in [0.2, 0.25) is 0 Å². The van der Waals surface area contributed by atoms with Crippen molar-refractivity contribution < 1.29 is 9.59 Å². The van der Waals surface area contributed by atoms with Crippen LogP contribution in [0, 0.1) is 0 Å². The molecule has 0 atom stereocenters. The van der Waals surface area contributed by atoms with Gasteiger partial charge in [0.25, 0.3) is 5.91 Å². The van der Waals surface area contributed by atoms with E-state index in [4.69, 9.17) is 0 Å². The summed E-state index contributed by atoms with van der Waals surface area (Å²) in [5.74, 6) is -0.456. The van der Waals surface area contributed by atoms with E-state index in [-0.39, 0.29) is 18.4 Å². The number of amides is 2. The van der Waals surface area contributed by atoms with Crippen molar-refractivity contribution in [1.82, 2.24) is 9.78 Å². The summed E-state index contributed by atoms with van der Waals surface area (Å²) in [7, 11) is 0. The third-order valence-electron chi connectivity index (χ3n) is 4.08. The average Bonchev–Trinajstić information content (AvgIpc) is 3.15. The maximum atomic E-state index is 12.6. The Kier molecular flexibility index (Phi) is 4.07. The second-order valence-electron chi connectivity index (χ2n) is 5.88. The van der Waals surface area contributed by atoms with Crippen molar-refractivity contribution in [3.63, 3.8) is 0 Å². The van der Waals surface area contributed by atoms with Crippen LogP contribution in [-0.2, 0) is 9.59 Å². The lowest BCUT2D eigenvalue weighted by molar-refractivity contribution is -0.119. The number of hydrogen-bond donors (Lipinski definition) is 1. The van der Waals surface area contributed by atoms with Gasteiger partial charge in [0.2, 0.25) is 5.91 Å². The first-order chi connectivity index (χ1) is 12.7. The summed E-state index contributed by atoms with van der Waals surface area (Å²) in [5, 5.41) is 7.07. The number of carbonyl (C=O) groups is 2. The van der Waals surface area contributed by atoms with Crippen LogP contribution >= 0.6 is 0 Å². The number of para-hydroxylation sites is 3. The van der Waals surface area contributed by atoms with Crippen LogP contribution in [0.5, 0.6) is 0 Å². The number of nitrogens with zero attached hydrogens (tertiary/aromatic N) is 3. The average molecular weight is 344 g/mol. The van der Waals surface area contributed by atoms with Gasteiger partial charge in [0.1, 0.15) is 6.54 Å². The van der Waals surface area contributed by atoms with Crippen molar-refractivity contribution in [2.45, 2.75) is 0 Å². The van der Waals surface area contributed by atoms with Crippen LogP contribution in [-0.4, -0.2) is 28.1 Å². The molecule has 3 aromatic rings. The Hall–Kier alpha value is -3.67. The highest BCUT2D eigenvalue weighted by atomic mass is 16.2. The van der Waals surface area contributed by atoms with Gasteiger partial charge in [-0.15, -0.1) is 0 Å². The molecule has 0 saturated carbocycles. The van der Waals surface area contributed by atoms with Crippen LogP contribution < -0.4 is 10.2 Å². The first-order valence-corrected chi connectivity index (χ1v) is 8.19. The fourth-order valence-corrected chi connectivity index (χ4v) is 2.83. The lowest BCUT2D eigenvalue weighted by Gasteiger charge is -2.28. The van der Waals surface area contributed by atoms with E-state index in [1.165, 1.54) is 11.0 Å². The van der Waals surface area contributed by atoms with Gasteiger partial charge in [0.15, 0.2) is 0 Å². The van der Waals surface area contributed by atoms with E-state index in [1.54, 1.807) is 23.0 Å². The Morgan fingerprint density at radius 2 is 1.85 bits per heavy atom. The van der Waals surface area contributed by atoms with Crippen LogP contribution in [0.15, 0.2) is 73.1 Å². The Bertz CT molecular complexity index is 992. The molecule has 2 heterocycles. The molecule has 0 bridgehead atoms. The Labute approximate surface area is 150 Å². The largest absolute Gasteiger partial charge is 0.323 e. The second kappa shape index (κ2) is 6.68. The van der Waals surface area contributed by atoms with Gasteiger partial charge in [0, 0.05) is 17.8 Å². The number of anilines is 2. The minimum Gasteiger partial charge on any atom is -0.323 e. The SMILES string of the molecule is O=C1CN(C(=O)C=Cc2cnn(-c3ccccc3)c2)c2ccccc2N1. The third kappa shape index (κ3) is 3.12. The maximum absolute atomic E-state index is 12.6. The molecule has 6 heteroatoms. The number of hydrogen-bond acceptors (Lipinski definition) is 3. The molecule has 4 rings (SSSR count). The number of fused-ring (bicyclic) bond motifs is 1. The van der Waals surface area contributed by atoms with Gasteiger partial charge >= 0.3 is 0 Å². The van der Waals surface area contributed by atoms with E-state index in [0.29, 0.717) is 11.4 Å². The molecule has 0 spiro atoms. The van der Waals surface area contributed by atoms with Gasteiger partial charge < -0.3 is 5.32 Å². The molecule has 2 aromatic carbocycles. The molecule has 0 radical (unpaired) electrons. The van der Waals surface area contributed by atoms with Crippen molar-refractivity contribution in [1.29, 1.82) is 0 Å². The molecule has 0 aliphatic carbocycles. The van der Waals surface area contributed by atoms with Gasteiger partial charge in [0.05, 0.1) is 23.3 Å². The fraction of sp³-hybridized carbons (Fsp3) is 0.0500. The van der Waals surface area contributed by atoms with Crippen molar-refractivity contribution in [2.75, 3.05) is 16.8 Å². The minimum absolute atomic E-state index is 0.00344. The van der Waals surface area contributed by atoms with E-state index in [0.717, 1.165) is 11.3 Å². The zero-order valence-electron chi connectivity index (χ0n) is 13.9. The molecule has 1 aromatic heterocycles. The summed E-state index contributed by atoms with van der Waals surface area (Å²) in [6.45, 7) is 0.00344. The van der Waals surface area contributed by atoms with Gasteiger partial charge in [-0.05, 0) is 30.3 Å². The Morgan fingerprint density at radius 1 is 1.08 bits per heavy atom. The molecular weight excluding hydrogens is 328 g/mol. The normalized spacial score (nSPS) is 13.5. The van der Waals surface area contributed by atoms with Gasteiger partial charge in [-0.25, -0.2) is 4.68 Å². The van der Waals surface area contributed by atoms with E-state index in [9.17, 15) is 9.59 Å². The fourth-order valence-electron chi connectivity index (χ4n) is 2.83. The highest BCUT2D eigenvalue weighted by Crippen LogP contribution is 2.29. The molecule has 1 N–H and O–H groups in total. The zero-order valence-corrected chi connectivity index (χ0v) is 13.9. The van der Waals surface area contributed by atoms with E-state index in [2.05, 4.69) is 10.4 Å². The first kappa shape index (κ1) is 15.8. The summed E-state index contributed by atoms with van der Waals surface area (Å²) < 4.78 is 1.74. The minimum atomic E-state index is -0.250. The topological polar surface area (TPSA) is 67.2 Å². The van der Waals surface area contributed by atoms with E-state index >= 15 is 0 Å². The summed E-state index contributed by atoms with van der Waals surface area (Å²) in [6.07, 6.45) is 6.69. The summed E-state index contributed by atoms with van der Waals surface area (Å²) in [6, 6.07) is 17.0. The van der Waals surface area contributed by atoms with Gasteiger partial charge in [-0.2, -0.15) is 5.10 Å². The molecule has 1 aliphatic heterocycles. The number of nitrogens with one attached hydrogen (secondary N) is 1. The molecule has 0 fully saturated rings. The molecule has 2 amide bonds. The van der Waals surface area contributed by atoms with Crippen LogP contribution in [0.4, 0.5) is 11.4 Å². The highest BCUT2D eigenvalue weighted by Gasteiger charge is 2.25. The number of rotatable bonds is 3.